The fourth-order valence-corrected chi connectivity index (χ4v) is 3.64. The third-order valence-corrected chi connectivity index (χ3v) is 5.30. The molecule has 2 aliphatic heterocycles. The first-order valence-electron chi connectivity index (χ1n) is 9.82. The number of morpholine rings is 1. The fraction of sp³-hybridized carbons (Fsp3) is 0.579. The molecule has 2 aromatic heterocycles. The predicted molar refractivity (Wildman–Crippen MR) is 102 cm³/mol. The summed E-state index contributed by atoms with van der Waals surface area (Å²) in [5, 5.41) is 0. The van der Waals surface area contributed by atoms with Crippen molar-refractivity contribution in [2.75, 3.05) is 50.8 Å². The molecule has 2 aliphatic rings. The molecule has 1 amide bonds. The molecule has 1 atom stereocenters. The number of anilines is 1. The van der Waals surface area contributed by atoms with Crippen molar-refractivity contribution in [3.05, 3.63) is 36.3 Å². The summed E-state index contributed by atoms with van der Waals surface area (Å²) >= 11 is 0. The first-order chi connectivity index (χ1) is 13.7. The molecule has 0 radical (unpaired) electrons. The highest BCUT2D eigenvalue weighted by Gasteiger charge is 2.29. The molecule has 2 saturated heterocycles. The van der Waals surface area contributed by atoms with Crippen LogP contribution in [0.5, 0.6) is 0 Å². The highest BCUT2D eigenvalue weighted by atomic mass is 16.5. The lowest BCUT2D eigenvalue weighted by Gasteiger charge is -2.34. The second kappa shape index (κ2) is 8.66. The Kier molecular flexibility index (Phi) is 5.82. The van der Waals surface area contributed by atoms with E-state index >= 15 is 0 Å². The lowest BCUT2D eigenvalue weighted by atomic mass is 10.1. The van der Waals surface area contributed by atoms with Crippen molar-refractivity contribution in [1.82, 2.24) is 24.8 Å². The van der Waals surface area contributed by atoms with E-state index in [1.165, 1.54) is 6.26 Å². The summed E-state index contributed by atoms with van der Waals surface area (Å²) in [4.78, 5) is 32.1. The molecule has 9 nitrogen and oxygen atoms in total. The third-order valence-electron chi connectivity index (χ3n) is 5.30. The molecular formula is C19H26N6O3. The van der Waals surface area contributed by atoms with E-state index in [1.807, 2.05) is 11.0 Å². The Hall–Kier alpha value is -2.52. The molecule has 4 heterocycles. The summed E-state index contributed by atoms with van der Waals surface area (Å²) in [5.41, 5.74) is 0.381. The topological polar surface area (TPSA) is 87.8 Å². The van der Waals surface area contributed by atoms with E-state index in [0.717, 1.165) is 38.5 Å². The summed E-state index contributed by atoms with van der Waals surface area (Å²) in [6.45, 7) is 7.85. The number of oxazole rings is 1. The van der Waals surface area contributed by atoms with E-state index in [1.54, 1.807) is 12.4 Å². The van der Waals surface area contributed by atoms with E-state index in [4.69, 9.17) is 9.15 Å². The van der Waals surface area contributed by atoms with Gasteiger partial charge in [-0.15, -0.1) is 0 Å². The SMILES string of the molecule is CCC1COCCN1C(=O)c1coc(CN2CCN(c3ncccn3)CC2)n1. The van der Waals surface area contributed by atoms with Crippen LogP contribution >= 0.6 is 0 Å². The average molecular weight is 386 g/mol. The van der Waals surface area contributed by atoms with Gasteiger partial charge in [-0.25, -0.2) is 15.0 Å². The average Bonchev–Trinajstić information content (AvgIpc) is 3.23. The molecule has 0 bridgehead atoms. The van der Waals surface area contributed by atoms with Gasteiger partial charge in [0.05, 0.1) is 25.8 Å². The van der Waals surface area contributed by atoms with Crippen molar-refractivity contribution in [3.8, 4) is 0 Å². The zero-order chi connectivity index (χ0) is 19.3. The highest BCUT2D eigenvalue weighted by molar-refractivity contribution is 5.92. The van der Waals surface area contributed by atoms with Crippen LogP contribution in [0.4, 0.5) is 5.95 Å². The minimum Gasteiger partial charge on any atom is -0.447 e. The van der Waals surface area contributed by atoms with Gasteiger partial charge in [0.25, 0.3) is 5.91 Å². The quantitative estimate of drug-likeness (QED) is 0.753. The smallest absolute Gasteiger partial charge is 0.276 e. The summed E-state index contributed by atoms with van der Waals surface area (Å²) in [5.74, 6) is 1.27. The summed E-state index contributed by atoms with van der Waals surface area (Å²) in [6, 6.07) is 1.93. The second-order valence-corrected chi connectivity index (χ2v) is 7.07. The molecule has 0 N–H and O–H groups in total. The molecule has 9 heteroatoms. The second-order valence-electron chi connectivity index (χ2n) is 7.07. The Bertz CT molecular complexity index is 775. The molecule has 28 heavy (non-hydrogen) atoms. The van der Waals surface area contributed by atoms with Crippen LogP contribution in [0, 0.1) is 0 Å². The zero-order valence-electron chi connectivity index (χ0n) is 16.2. The van der Waals surface area contributed by atoms with Gasteiger partial charge in [-0.05, 0) is 12.5 Å². The number of carbonyl (C=O) groups is 1. The Morgan fingerprint density at radius 3 is 2.71 bits per heavy atom. The minimum absolute atomic E-state index is 0.0730. The predicted octanol–water partition coefficient (Wildman–Crippen LogP) is 1.04. The van der Waals surface area contributed by atoms with Gasteiger partial charge in [0.15, 0.2) is 5.69 Å². The van der Waals surface area contributed by atoms with Gasteiger partial charge < -0.3 is 19.0 Å². The normalized spacial score (nSPS) is 21.1. The van der Waals surface area contributed by atoms with E-state index < -0.39 is 0 Å². The number of hydrogen-bond acceptors (Lipinski definition) is 8. The lowest BCUT2D eigenvalue weighted by molar-refractivity contribution is -0.00311. The molecule has 150 valence electrons. The first kappa shape index (κ1) is 18.8. The van der Waals surface area contributed by atoms with Crippen LogP contribution in [0.2, 0.25) is 0 Å². The van der Waals surface area contributed by atoms with E-state index in [-0.39, 0.29) is 11.9 Å². The van der Waals surface area contributed by atoms with Crippen molar-refractivity contribution in [3.63, 3.8) is 0 Å². The molecule has 0 spiro atoms. The van der Waals surface area contributed by atoms with Crippen LogP contribution in [0.15, 0.2) is 29.1 Å². The summed E-state index contributed by atoms with van der Waals surface area (Å²) in [7, 11) is 0. The number of nitrogens with zero attached hydrogens (tertiary/aromatic N) is 6. The Labute approximate surface area is 164 Å². The highest BCUT2D eigenvalue weighted by Crippen LogP contribution is 2.16. The van der Waals surface area contributed by atoms with E-state index in [0.29, 0.717) is 37.9 Å². The number of carbonyl (C=O) groups excluding carboxylic acids is 1. The molecule has 0 aliphatic carbocycles. The first-order valence-corrected chi connectivity index (χ1v) is 9.82. The molecule has 4 rings (SSSR count). The van der Waals surface area contributed by atoms with Crippen molar-refractivity contribution >= 4 is 11.9 Å². The Balaban J connectivity index is 1.32. The largest absolute Gasteiger partial charge is 0.447 e. The number of amides is 1. The van der Waals surface area contributed by atoms with Gasteiger partial charge in [-0.2, -0.15) is 0 Å². The third kappa shape index (κ3) is 4.15. The summed E-state index contributed by atoms with van der Waals surface area (Å²) in [6.07, 6.45) is 5.87. The molecule has 2 aromatic rings. The molecular weight excluding hydrogens is 360 g/mol. The van der Waals surface area contributed by atoms with E-state index in [2.05, 4.69) is 31.7 Å². The number of rotatable bonds is 5. The molecule has 0 aromatic carbocycles. The summed E-state index contributed by atoms with van der Waals surface area (Å²) < 4.78 is 11.1. The van der Waals surface area contributed by atoms with Crippen molar-refractivity contribution in [2.45, 2.75) is 25.9 Å². The van der Waals surface area contributed by atoms with Gasteiger partial charge in [-0.1, -0.05) is 6.92 Å². The lowest BCUT2D eigenvalue weighted by Crippen LogP contribution is -2.48. The Morgan fingerprint density at radius 2 is 1.96 bits per heavy atom. The maximum absolute atomic E-state index is 12.8. The van der Waals surface area contributed by atoms with Gasteiger partial charge in [0.2, 0.25) is 11.8 Å². The number of piperazine rings is 1. The number of aromatic nitrogens is 3. The molecule has 1 unspecified atom stereocenters. The maximum Gasteiger partial charge on any atom is 0.276 e. The monoisotopic (exact) mass is 386 g/mol. The number of hydrogen-bond donors (Lipinski definition) is 0. The molecule has 2 fully saturated rings. The van der Waals surface area contributed by atoms with Crippen LogP contribution in [-0.2, 0) is 11.3 Å². The van der Waals surface area contributed by atoms with Gasteiger partial charge in [0, 0.05) is 45.1 Å². The standard InChI is InChI=1S/C19H26N6O3/c1-2-15-13-27-11-10-25(15)18(26)16-14-28-17(22-16)12-23-6-8-24(9-7-23)19-20-4-3-5-21-19/h3-5,14-15H,2,6-13H2,1H3. The van der Waals surface area contributed by atoms with Crippen LogP contribution in [0.1, 0.15) is 29.7 Å². The van der Waals surface area contributed by atoms with Crippen LogP contribution < -0.4 is 4.90 Å². The van der Waals surface area contributed by atoms with E-state index in [9.17, 15) is 4.79 Å². The van der Waals surface area contributed by atoms with Gasteiger partial charge in [0.1, 0.15) is 6.26 Å². The van der Waals surface area contributed by atoms with Gasteiger partial charge >= 0.3 is 0 Å². The zero-order valence-corrected chi connectivity index (χ0v) is 16.2. The van der Waals surface area contributed by atoms with Crippen molar-refractivity contribution < 1.29 is 13.9 Å². The number of ether oxygens (including phenoxy) is 1. The van der Waals surface area contributed by atoms with Crippen LogP contribution in [0.25, 0.3) is 0 Å². The fourth-order valence-electron chi connectivity index (χ4n) is 3.64. The van der Waals surface area contributed by atoms with Crippen LogP contribution in [-0.4, -0.2) is 82.6 Å². The van der Waals surface area contributed by atoms with Crippen LogP contribution in [0.3, 0.4) is 0 Å². The minimum atomic E-state index is -0.0730. The molecule has 0 saturated carbocycles. The Morgan fingerprint density at radius 1 is 1.18 bits per heavy atom. The van der Waals surface area contributed by atoms with Crippen molar-refractivity contribution in [2.24, 2.45) is 0 Å². The van der Waals surface area contributed by atoms with Gasteiger partial charge in [-0.3, -0.25) is 9.69 Å². The van der Waals surface area contributed by atoms with Crippen molar-refractivity contribution in [1.29, 1.82) is 0 Å². The maximum atomic E-state index is 12.8.